The number of aryl methyl sites for hydroxylation is 2. The number of benzene rings is 1. The van der Waals surface area contributed by atoms with Crippen LogP contribution in [0.3, 0.4) is 0 Å². The van der Waals surface area contributed by atoms with Crippen LogP contribution < -0.4 is 5.32 Å². The second-order valence-corrected chi connectivity index (χ2v) is 7.05. The highest BCUT2D eigenvalue weighted by atomic mass is 35.5. The summed E-state index contributed by atoms with van der Waals surface area (Å²) in [4.78, 5) is 5.19. The molecule has 1 aliphatic rings. The van der Waals surface area contributed by atoms with Crippen molar-refractivity contribution in [3.05, 3.63) is 45.1 Å². The number of nitrogens with one attached hydrogen (secondary N) is 1. The zero-order chi connectivity index (χ0) is 14.2. The molecular formula is C16H15ClN2OS. The normalized spacial score (nSPS) is 14.3. The summed E-state index contributed by atoms with van der Waals surface area (Å²) in [5.74, 6) is 1.18. The van der Waals surface area contributed by atoms with Crippen LogP contribution in [-0.4, -0.2) is 4.98 Å². The summed E-state index contributed by atoms with van der Waals surface area (Å²) in [5, 5.41) is 4.69. The number of aromatic nitrogens is 1. The number of anilines is 1. The maximum Gasteiger partial charge on any atom is 0.183 e. The predicted octanol–water partition coefficient (Wildman–Crippen LogP) is 5.03. The number of halogens is 1. The van der Waals surface area contributed by atoms with Crippen LogP contribution in [0.1, 0.15) is 29.0 Å². The minimum Gasteiger partial charge on any atom is -0.461 e. The van der Waals surface area contributed by atoms with Crippen molar-refractivity contribution in [1.82, 2.24) is 4.98 Å². The first kappa shape index (κ1) is 13.2. The van der Waals surface area contributed by atoms with Gasteiger partial charge in [-0.15, -0.1) is 11.3 Å². The molecule has 0 amide bonds. The first-order valence-electron chi connectivity index (χ1n) is 7.18. The van der Waals surface area contributed by atoms with Gasteiger partial charge in [0.2, 0.25) is 0 Å². The summed E-state index contributed by atoms with van der Waals surface area (Å²) in [6, 6.07) is 6.33. The Kier molecular flexibility index (Phi) is 3.36. The van der Waals surface area contributed by atoms with Crippen LogP contribution >= 0.6 is 22.9 Å². The number of furan rings is 1. The topological polar surface area (TPSA) is 38.1 Å². The predicted molar refractivity (Wildman–Crippen MR) is 87.3 cm³/mol. The van der Waals surface area contributed by atoms with Gasteiger partial charge in [-0.2, -0.15) is 0 Å². The van der Waals surface area contributed by atoms with E-state index in [1.54, 1.807) is 0 Å². The summed E-state index contributed by atoms with van der Waals surface area (Å²) < 4.78 is 6.55. The van der Waals surface area contributed by atoms with E-state index in [9.17, 15) is 0 Å². The second-order valence-electron chi connectivity index (χ2n) is 5.35. The highest BCUT2D eigenvalue weighted by Crippen LogP contribution is 2.33. The van der Waals surface area contributed by atoms with Crippen molar-refractivity contribution in [3.8, 4) is 0 Å². The van der Waals surface area contributed by atoms with Gasteiger partial charge >= 0.3 is 0 Å². The summed E-state index contributed by atoms with van der Waals surface area (Å²) >= 11 is 7.36. The van der Waals surface area contributed by atoms with Crippen molar-refractivity contribution >= 4 is 39.6 Å². The standard InChI is InChI=1S/C16H15ClN2OS/c17-16-19-9-11(21-16)8-18-10-5-6-15-13(7-10)12-3-1-2-4-14(12)20-15/h5-7,9,18H,1-4,8H2. The maximum absolute atomic E-state index is 5.96. The fourth-order valence-corrected chi connectivity index (χ4v) is 3.84. The van der Waals surface area contributed by atoms with Crippen molar-refractivity contribution < 1.29 is 4.42 Å². The Labute approximate surface area is 131 Å². The van der Waals surface area contributed by atoms with E-state index in [0.29, 0.717) is 4.47 Å². The van der Waals surface area contributed by atoms with Crippen LogP contribution in [0.15, 0.2) is 28.8 Å². The van der Waals surface area contributed by atoms with E-state index in [0.717, 1.165) is 35.5 Å². The first-order valence-corrected chi connectivity index (χ1v) is 8.37. The van der Waals surface area contributed by atoms with E-state index < -0.39 is 0 Å². The van der Waals surface area contributed by atoms with Gasteiger partial charge in [-0.1, -0.05) is 11.6 Å². The third-order valence-electron chi connectivity index (χ3n) is 3.95. The maximum atomic E-state index is 5.96. The number of hydrogen-bond donors (Lipinski definition) is 1. The van der Waals surface area contributed by atoms with E-state index in [2.05, 4.69) is 28.5 Å². The van der Waals surface area contributed by atoms with E-state index in [1.165, 1.54) is 40.9 Å². The van der Waals surface area contributed by atoms with E-state index in [4.69, 9.17) is 16.0 Å². The molecule has 0 radical (unpaired) electrons. The van der Waals surface area contributed by atoms with Crippen LogP contribution in [0.25, 0.3) is 11.0 Å². The lowest BCUT2D eigenvalue weighted by Gasteiger charge is -2.09. The van der Waals surface area contributed by atoms with Gasteiger partial charge in [0.05, 0.1) is 6.54 Å². The molecule has 1 aliphatic carbocycles. The van der Waals surface area contributed by atoms with Crippen molar-refractivity contribution in [1.29, 1.82) is 0 Å². The van der Waals surface area contributed by atoms with Gasteiger partial charge < -0.3 is 9.73 Å². The molecule has 108 valence electrons. The molecule has 2 aromatic heterocycles. The van der Waals surface area contributed by atoms with Crippen molar-refractivity contribution in [2.24, 2.45) is 0 Å². The molecule has 21 heavy (non-hydrogen) atoms. The van der Waals surface area contributed by atoms with Gasteiger partial charge in [0, 0.05) is 34.1 Å². The highest BCUT2D eigenvalue weighted by Gasteiger charge is 2.17. The van der Waals surface area contributed by atoms with E-state index >= 15 is 0 Å². The lowest BCUT2D eigenvalue weighted by atomic mass is 9.96. The molecule has 3 nitrogen and oxygen atoms in total. The molecule has 2 heterocycles. The molecule has 0 unspecified atom stereocenters. The van der Waals surface area contributed by atoms with Crippen LogP contribution in [-0.2, 0) is 19.4 Å². The molecule has 0 aliphatic heterocycles. The molecule has 0 bridgehead atoms. The number of nitrogens with zero attached hydrogens (tertiary/aromatic N) is 1. The van der Waals surface area contributed by atoms with Crippen LogP contribution in [0.2, 0.25) is 4.47 Å². The average molecular weight is 319 g/mol. The lowest BCUT2D eigenvalue weighted by Crippen LogP contribution is -1.99. The number of fused-ring (bicyclic) bond motifs is 3. The van der Waals surface area contributed by atoms with Crippen molar-refractivity contribution in [2.75, 3.05) is 5.32 Å². The summed E-state index contributed by atoms with van der Waals surface area (Å²) in [5.41, 5.74) is 3.52. The van der Waals surface area contributed by atoms with Gasteiger partial charge in [-0.05, 0) is 37.5 Å². The monoisotopic (exact) mass is 318 g/mol. The van der Waals surface area contributed by atoms with Crippen LogP contribution in [0.4, 0.5) is 5.69 Å². The average Bonchev–Trinajstić information content (AvgIpc) is 3.08. The molecule has 5 heteroatoms. The second kappa shape index (κ2) is 5.35. The van der Waals surface area contributed by atoms with Crippen molar-refractivity contribution in [2.45, 2.75) is 32.2 Å². The molecule has 4 rings (SSSR count). The van der Waals surface area contributed by atoms with Crippen LogP contribution in [0, 0.1) is 0 Å². The molecule has 3 aromatic rings. The molecule has 0 atom stereocenters. The third kappa shape index (κ3) is 2.54. The molecule has 1 aromatic carbocycles. The zero-order valence-electron chi connectivity index (χ0n) is 11.5. The van der Waals surface area contributed by atoms with Crippen molar-refractivity contribution in [3.63, 3.8) is 0 Å². The zero-order valence-corrected chi connectivity index (χ0v) is 13.1. The molecule has 0 saturated heterocycles. The van der Waals surface area contributed by atoms with Gasteiger partial charge in [-0.3, -0.25) is 0 Å². The minimum atomic E-state index is 0.589. The Balaban J connectivity index is 1.61. The number of thiazole rings is 1. The SMILES string of the molecule is Clc1ncc(CNc2ccc3oc4c(c3c2)CCCC4)s1. The molecule has 0 spiro atoms. The summed E-state index contributed by atoms with van der Waals surface area (Å²) in [6.45, 7) is 0.746. The fraction of sp³-hybridized carbons (Fsp3) is 0.312. The van der Waals surface area contributed by atoms with Crippen LogP contribution in [0.5, 0.6) is 0 Å². The first-order chi connectivity index (χ1) is 10.3. The molecule has 0 saturated carbocycles. The van der Waals surface area contributed by atoms with Gasteiger partial charge in [0.1, 0.15) is 11.3 Å². The largest absolute Gasteiger partial charge is 0.461 e. The minimum absolute atomic E-state index is 0.589. The molecule has 1 N–H and O–H groups in total. The Hall–Kier alpha value is -1.52. The Morgan fingerprint density at radius 2 is 2.19 bits per heavy atom. The fourth-order valence-electron chi connectivity index (χ4n) is 2.93. The van der Waals surface area contributed by atoms with Gasteiger partial charge in [-0.25, -0.2) is 4.98 Å². The van der Waals surface area contributed by atoms with E-state index in [-0.39, 0.29) is 0 Å². The van der Waals surface area contributed by atoms with Gasteiger partial charge in [0.25, 0.3) is 0 Å². The Bertz CT molecular complexity index is 793. The third-order valence-corrected chi connectivity index (χ3v) is 5.06. The van der Waals surface area contributed by atoms with Gasteiger partial charge in [0.15, 0.2) is 4.47 Å². The van der Waals surface area contributed by atoms with E-state index in [1.807, 2.05) is 6.20 Å². The smallest absolute Gasteiger partial charge is 0.183 e. The quantitative estimate of drug-likeness (QED) is 0.735. The lowest BCUT2D eigenvalue weighted by molar-refractivity contribution is 0.506. The summed E-state index contributed by atoms with van der Waals surface area (Å²) in [7, 11) is 0. The molecular weight excluding hydrogens is 304 g/mol. The molecule has 0 fully saturated rings. The number of rotatable bonds is 3. The number of hydrogen-bond acceptors (Lipinski definition) is 4. The summed E-state index contributed by atoms with van der Waals surface area (Å²) in [6.07, 6.45) is 6.53. The Morgan fingerprint density at radius 1 is 1.29 bits per heavy atom. The Morgan fingerprint density at radius 3 is 3.05 bits per heavy atom. The highest BCUT2D eigenvalue weighted by molar-refractivity contribution is 7.15.